The molecule has 3 rings (SSSR count). The first kappa shape index (κ1) is 17.8. The van der Waals surface area contributed by atoms with Crippen molar-refractivity contribution in [1.29, 1.82) is 0 Å². The molecular weight excluding hydrogens is 314 g/mol. The molecule has 0 aromatic heterocycles. The van der Waals surface area contributed by atoms with Gasteiger partial charge in [0.05, 0.1) is 6.04 Å². The summed E-state index contributed by atoms with van der Waals surface area (Å²) in [7, 11) is 3.91. The molecule has 0 bridgehead atoms. The third-order valence-electron chi connectivity index (χ3n) is 5.38. The van der Waals surface area contributed by atoms with E-state index in [4.69, 9.17) is 0 Å². The maximum Gasteiger partial charge on any atom is 0.251 e. The molecule has 25 heavy (non-hydrogen) atoms. The van der Waals surface area contributed by atoms with Crippen LogP contribution in [0.25, 0.3) is 0 Å². The number of amides is 2. The Morgan fingerprint density at radius 1 is 1.16 bits per heavy atom. The minimum atomic E-state index is -0.0933. The van der Waals surface area contributed by atoms with Gasteiger partial charge in [-0.1, -0.05) is 31.7 Å². The van der Waals surface area contributed by atoms with Crippen LogP contribution in [0.15, 0.2) is 24.3 Å². The molecular formula is C20H29N3O2. The second kappa shape index (κ2) is 7.89. The van der Waals surface area contributed by atoms with Crippen LogP contribution in [0.1, 0.15) is 55.3 Å². The quantitative estimate of drug-likeness (QED) is 0.856. The highest BCUT2D eigenvalue weighted by Crippen LogP contribution is 2.26. The number of anilines is 1. The van der Waals surface area contributed by atoms with E-state index in [9.17, 15) is 9.59 Å². The van der Waals surface area contributed by atoms with Gasteiger partial charge >= 0.3 is 0 Å². The lowest BCUT2D eigenvalue weighted by atomic mass is 10.1. The van der Waals surface area contributed by atoms with Crippen LogP contribution in [0.3, 0.4) is 0 Å². The molecule has 1 heterocycles. The van der Waals surface area contributed by atoms with E-state index in [2.05, 4.69) is 5.32 Å². The van der Waals surface area contributed by atoms with Gasteiger partial charge in [0.25, 0.3) is 5.91 Å². The molecule has 1 saturated carbocycles. The molecule has 2 amide bonds. The van der Waals surface area contributed by atoms with Crippen LogP contribution in [-0.4, -0.2) is 49.4 Å². The molecule has 0 spiro atoms. The van der Waals surface area contributed by atoms with Crippen molar-refractivity contribution in [1.82, 2.24) is 10.2 Å². The Balaban J connectivity index is 1.61. The minimum Gasteiger partial charge on any atom is -0.378 e. The molecule has 1 atom stereocenters. The van der Waals surface area contributed by atoms with E-state index in [-0.39, 0.29) is 17.9 Å². The summed E-state index contributed by atoms with van der Waals surface area (Å²) in [4.78, 5) is 29.0. The Bertz CT molecular complexity index is 621. The van der Waals surface area contributed by atoms with Crippen LogP contribution in [0.5, 0.6) is 0 Å². The Labute approximate surface area is 150 Å². The molecule has 5 nitrogen and oxygen atoms in total. The van der Waals surface area contributed by atoms with E-state index in [0.29, 0.717) is 24.6 Å². The highest BCUT2D eigenvalue weighted by Gasteiger charge is 2.35. The fourth-order valence-electron chi connectivity index (χ4n) is 3.94. The van der Waals surface area contributed by atoms with Gasteiger partial charge in [0.2, 0.25) is 5.91 Å². The third kappa shape index (κ3) is 4.33. The average molecular weight is 343 g/mol. The number of hydrogen-bond donors (Lipinski definition) is 1. The Kier molecular flexibility index (Phi) is 5.61. The van der Waals surface area contributed by atoms with Gasteiger partial charge in [0.15, 0.2) is 0 Å². The largest absolute Gasteiger partial charge is 0.378 e. The summed E-state index contributed by atoms with van der Waals surface area (Å²) < 4.78 is 0. The highest BCUT2D eigenvalue weighted by molar-refractivity contribution is 5.96. The number of hydrogen-bond acceptors (Lipinski definition) is 3. The second-order valence-electron chi connectivity index (χ2n) is 7.51. The molecule has 136 valence electrons. The van der Waals surface area contributed by atoms with Crippen molar-refractivity contribution in [3.8, 4) is 0 Å². The average Bonchev–Trinajstić information content (AvgIpc) is 2.80. The van der Waals surface area contributed by atoms with Crippen molar-refractivity contribution in [3.63, 3.8) is 0 Å². The summed E-state index contributed by atoms with van der Waals surface area (Å²) in [6, 6.07) is 7.86. The van der Waals surface area contributed by atoms with Crippen LogP contribution < -0.4 is 10.2 Å². The molecule has 5 heteroatoms. The summed E-state index contributed by atoms with van der Waals surface area (Å²) in [5, 5.41) is 3.06. The number of benzene rings is 1. The van der Waals surface area contributed by atoms with Crippen molar-refractivity contribution in [2.24, 2.45) is 0 Å². The Morgan fingerprint density at radius 3 is 2.56 bits per heavy atom. The van der Waals surface area contributed by atoms with Crippen LogP contribution in [0.2, 0.25) is 0 Å². The van der Waals surface area contributed by atoms with Crippen molar-refractivity contribution in [3.05, 3.63) is 29.8 Å². The van der Waals surface area contributed by atoms with Gasteiger partial charge in [-0.3, -0.25) is 9.59 Å². The number of carbonyl (C=O) groups is 2. The second-order valence-corrected chi connectivity index (χ2v) is 7.51. The number of nitrogens with zero attached hydrogens (tertiary/aromatic N) is 2. The molecule has 1 aromatic rings. The number of nitrogens with one attached hydrogen (secondary N) is 1. The zero-order chi connectivity index (χ0) is 17.8. The standard InChI is InChI=1S/C20H29N3O2/c1-22(2)18-11-7-8-15(12-18)20(25)21-16-13-19(24)23(14-16)17-9-5-3-4-6-10-17/h7-8,11-12,16-17H,3-6,9-10,13-14H2,1-2H3,(H,21,25)/t16-/m1/s1. The van der Waals surface area contributed by atoms with Crippen LogP contribution in [0.4, 0.5) is 5.69 Å². The van der Waals surface area contributed by atoms with Gasteiger partial charge in [-0.15, -0.1) is 0 Å². The zero-order valence-corrected chi connectivity index (χ0v) is 15.3. The summed E-state index contributed by atoms with van der Waals surface area (Å²) in [5.41, 5.74) is 1.64. The van der Waals surface area contributed by atoms with Crippen molar-refractivity contribution < 1.29 is 9.59 Å². The lowest BCUT2D eigenvalue weighted by molar-refractivity contribution is -0.129. The van der Waals surface area contributed by atoms with Crippen LogP contribution in [-0.2, 0) is 4.79 Å². The maximum absolute atomic E-state index is 12.6. The normalized spacial score (nSPS) is 21.9. The van der Waals surface area contributed by atoms with E-state index < -0.39 is 0 Å². The third-order valence-corrected chi connectivity index (χ3v) is 5.38. The Morgan fingerprint density at radius 2 is 1.88 bits per heavy atom. The van der Waals surface area contributed by atoms with E-state index in [1.54, 1.807) is 0 Å². The monoisotopic (exact) mass is 343 g/mol. The van der Waals surface area contributed by atoms with Gasteiger partial charge in [-0.25, -0.2) is 0 Å². The SMILES string of the molecule is CN(C)c1cccc(C(=O)N[C@@H]2CC(=O)N(C3CCCCCC3)C2)c1. The van der Waals surface area contributed by atoms with Crippen LogP contribution in [0, 0.1) is 0 Å². The van der Waals surface area contributed by atoms with Gasteiger partial charge < -0.3 is 15.1 Å². The molecule has 1 aliphatic carbocycles. The molecule has 0 radical (unpaired) electrons. The summed E-state index contributed by atoms with van der Waals surface area (Å²) >= 11 is 0. The summed E-state index contributed by atoms with van der Waals surface area (Å²) in [6.45, 7) is 0.655. The van der Waals surface area contributed by atoms with Gasteiger partial charge in [0, 0.05) is 44.4 Å². The lowest BCUT2D eigenvalue weighted by Crippen LogP contribution is -2.40. The predicted molar refractivity (Wildman–Crippen MR) is 99.8 cm³/mol. The van der Waals surface area contributed by atoms with E-state index in [1.165, 1.54) is 25.7 Å². The first-order valence-electron chi connectivity index (χ1n) is 9.42. The smallest absolute Gasteiger partial charge is 0.251 e. The predicted octanol–water partition coefficient (Wildman–Crippen LogP) is 2.81. The fraction of sp³-hybridized carbons (Fsp3) is 0.600. The number of likely N-dealkylation sites (tertiary alicyclic amines) is 1. The molecule has 2 aliphatic rings. The van der Waals surface area contributed by atoms with Gasteiger partial charge in [-0.05, 0) is 31.0 Å². The molecule has 2 fully saturated rings. The van der Waals surface area contributed by atoms with E-state index in [0.717, 1.165) is 18.5 Å². The van der Waals surface area contributed by atoms with Gasteiger partial charge in [-0.2, -0.15) is 0 Å². The first-order valence-corrected chi connectivity index (χ1v) is 9.42. The number of rotatable bonds is 4. The lowest BCUT2D eigenvalue weighted by Gasteiger charge is -2.27. The molecule has 0 unspecified atom stereocenters. The fourth-order valence-corrected chi connectivity index (χ4v) is 3.94. The molecule has 1 N–H and O–H groups in total. The van der Waals surface area contributed by atoms with E-state index >= 15 is 0 Å². The summed E-state index contributed by atoms with van der Waals surface area (Å²) in [5.74, 6) is 0.100. The van der Waals surface area contributed by atoms with Crippen molar-refractivity contribution in [2.45, 2.75) is 57.0 Å². The van der Waals surface area contributed by atoms with Gasteiger partial charge in [0.1, 0.15) is 0 Å². The molecule has 1 saturated heterocycles. The van der Waals surface area contributed by atoms with Crippen LogP contribution >= 0.6 is 0 Å². The molecule has 1 aliphatic heterocycles. The van der Waals surface area contributed by atoms with E-state index in [1.807, 2.05) is 48.2 Å². The number of carbonyl (C=O) groups excluding carboxylic acids is 2. The Hall–Kier alpha value is -2.04. The minimum absolute atomic E-state index is 0.0775. The zero-order valence-electron chi connectivity index (χ0n) is 15.3. The highest BCUT2D eigenvalue weighted by atomic mass is 16.2. The molecule has 1 aromatic carbocycles. The first-order chi connectivity index (χ1) is 12.0. The maximum atomic E-state index is 12.6. The van der Waals surface area contributed by atoms with Crippen molar-refractivity contribution >= 4 is 17.5 Å². The van der Waals surface area contributed by atoms with Crippen molar-refractivity contribution in [2.75, 3.05) is 25.5 Å². The summed E-state index contributed by atoms with van der Waals surface area (Å²) in [6.07, 6.45) is 7.62. The topological polar surface area (TPSA) is 52.7 Å².